The van der Waals surface area contributed by atoms with Crippen LogP contribution in [0.2, 0.25) is 10.0 Å². The number of aliphatic imine (C=N–C) groups is 3. The summed E-state index contributed by atoms with van der Waals surface area (Å²) in [6, 6.07) is 13.3. The molecule has 0 atom stereocenters. The van der Waals surface area contributed by atoms with Crippen LogP contribution < -0.4 is 33.2 Å². The smallest absolute Gasteiger partial charge is 0.325 e. The second kappa shape index (κ2) is 16.4. The van der Waals surface area contributed by atoms with E-state index in [0.29, 0.717) is 28.8 Å². The maximum absolute atomic E-state index is 11.9. The highest BCUT2D eigenvalue weighted by molar-refractivity contribution is 6.31. The van der Waals surface area contributed by atoms with Crippen molar-refractivity contribution in [1.29, 1.82) is 0 Å². The second-order valence-corrected chi connectivity index (χ2v) is 8.01. The average molecular weight is 543 g/mol. The van der Waals surface area contributed by atoms with Crippen molar-refractivity contribution >= 4 is 70.9 Å². The van der Waals surface area contributed by atoms with E-state index in [1.165, 1.54) is 0 Å². The Balaban J connectivity index is 0.00000612. The minimum absolute atomic E-state index is 0. The van der Waals surface area contributed by atoms with Crippen molar-refractivity contribution in [3.63, 3.8) is 0 Å². The molecule has 0 aliphatic heterocycles. The molecule has 2 rings (SSSR count). The quantitative estimate of drug-likeness (QED) is 0.159. The molecule has 0 saturated heterocycles. The molecule has 0 spiro atoms. The van der Waals surface area contributed by atoms with E-state index < -0.39 is 6.03 Å². The summed E-state index contributed by atoms with van der Waals surface area (Å²) in [5, 5.41) is 9.25. The maximum atomic E-state index is 11.9. The van der Waals surface area contributed by atoms with Gasteiger partial charge in [-0.15, -0.1) is 12.4 Å². The number of hydrogen-bond acceptors (Lipinski definition) is 3. The Labute approximate surface area is 220 Å². The minimum atomic E-state index is -0.467. The monoisotopic (exact) mass is 541 g/mol. The van der Waals surface area contributed by atoms with E-state index in [1.54, 1.807) is 48.5 Å². The summed E-state index contributed by atoms with van der Waals surface area (Å²) in [7, 11) is 0. The molecule has 13 heteroatoms. The van der Waals surface area contributed by atoms with Gasteiger partial charge in [-0.25, -0.2) is 4.79 Å². The van der Waals surface area contributed by atoms with Crippen LogP contribution in [-0.4, -0.2) is 37.0 Å². The summed E-state index contributed by atoms with van der Waals surface area (Å²) in [6.07, 6.45) is 3.56. The molecule has 9 N–H and O–H groups in total. The van der Waals surface area contributed by atoms with Crippen molar-refractivity contribution < 1.29 is 4.79 Å². The number of nitrogens with two attached hydrogens (primary N) is 3. The van der Waals surface area contributed by atoms with Crippen LogP contribution in [0.15, 0.2) is 63.5 Å². The largest absolute Gasteiger partial charge is 0.370 e. The van der Waals surface area contributed by atoms with Gasteiger partial charge >= 0.3 is 6.03 Å². The van der Waals surface area contributed by atoms with E-state index in [0.717, 1.165) is 31.4 Å². The Hall–Kier alpha value is -3.21. The predicted molar refractivity (Wildman–Crippen MR) is 149 cm³/mol. The number of amides is 2. The number of urea groups is 1. The van der Waals surface area contributed by atoms with Crippen LogP contribution in [0.5, 0.6) is 0 Å². The number of unbranched alkanes of at least 4 members (excludes halogenated alkanes) is 3. The van der Waals surface area contributed by atoms with Crippen LogP contribution >= 0.6 is 35.6 Å². The number of carbonyl (C=O) groups is 1. The zero-order valence-electron chi connectivity index (χ0n) is 19.0. The standard InChI is InChI=1S/C22H29Cl2N9O.ClH/c23-15-5-9-17(10-6-15)30-21(27)32-19(25)28-13-3-1-2-4-14-29-20(26)33-22(34)31-18-11-7-16(24)8-12-18;/h5-12H,1-4,13-14H2,(H5,25,27,28,30,32)(H4,26,29,31,33,34);1H. The Morgan fingerprint density at radius 3 is 1.74 bits per heavy atom. The lowest BCUT2D eigenvalue weighted by atomic mass is 10.2. The molecule has 0 radical (unpaired) electrons. The minimum Gasteiger partial charge on any atom is -0.370 e. The summed E-state index contributed by atoms with van der Waals surface area (Å²) < 4.78 is 0. The lowest BCUT2D eigenvalue weighted by Gasteiger charge is -2.07. The first-order valence-corrected chi connectivity index (χ1v) is 11.4. The molecule has 190 valence electrons. The van der Waals surface area contributed by atoms with Gasteiger partial charge in [-0.2, -0.15) is 4.99 Å². The summed E-state index contributed by atoms with van der Waals surface area (Å²) in [4.78, 5) is 24.2. The fraction of sp³-hybridized carbons (Fsp3) is 0.273. The van der Waals surface area contributed by atoms with Crippen molar-refractivity contribution in [2.45, 2.75) is 25.7 Å². The van der Waals surface area contributed by atoms with Crippen molar-refractivity contribution in [3.05, 3.63) is 58.6 Å². The third-order valence-electron chi connectivity index (χ3n) is 4.32. The average Bonchev–Trinajstić information content (AvgIpc) is 2.78. The van der Waals surface area contributed by atoms with Gasteiger partial charge in [0.05, 0.1) is 0 Å². The molecule has 0 saturated carbocycles. The van der Waals surface area contributed by atoms with E-state index in [1.807, 2.05) is 0 Å². The van der Waals surface area contributed by atoms with E-state index in [4.69, 9.17) is 40.4 Å². The van der Waals surface area contributed by atoms with Crippen LogP contribution in [-0.2, 0) is 0 Å². The molecule has 10 nitrogen and oxygen atoms in total. The SMILES string of the molecule is Cl.NC(=NCCCCCCN=C(N)NC(=O)Nc1ccc(Cl)cc1)N=C(N)Nc1ccc(Cl)cc1. The highest BCUT2D eigenvalue weighted by Gasteiger charge is 2.03. The van der Waals surface area contributed by atoms with Crippen molar-refractivity contribution in [2.24, 2.45) is 32.2 Å². The number of halogens is 3. The number of guanidine groups is 3. The van der Waals surface area contributed by atoms with Crippen LogP contribution in [0.25, 0.3) is 0 Å². The van der Waals surface area contributed by atoms with Gasteiger partial charge in [0.1, 0.15) is 0 Å². The topological polar surface area (TPSA) is 168 Å². The first-order valence-electron chi connectivity index (χ1n) is 10.6. The van der Waals surface area contributed by atoms with Gasteiger partial charge < -0.3 is 27.8 Å². The number of nitrogens with zero attached hydrogens (tertiary/aromatic N) is 3. The molecule has 0 fully saturated rings. The fourth-order valence-corrected chi connectivity index (χ4v) is 2.94. The molecule has 35 heavy (non-hydrogen) atoms. The van der Waals surface area contributed by atoms with Gasteiger partial charge in [0.15, 0.2) is 5.96 Å². The van der Waals surface area contributed by atoms with Crippen LogP contribution in [0.3, 0.4) is 0 Å². The number of nitrogens with one attached hydrogen (secondary N) is 3. The van der Waals surface area contributed by atoms with E-state index in [9.17, 15) is 4.79 Å². The van der Waals surface area contributed by atoms with Crippen molar-refractivity contribution in [1.82, 2.24) is 5.32 Å². The van der Waals surface area contributed by atoms with E-state index in [2.05, 4.69) is 30.9 Å². The second-order valence-electron chi connectivity index (χ2n) is 7.14. The third kappa shape index (κ3) is 13.3. The lowest BCUT2D eigenvalue weighted by molar-refractivity contribution is 0.256. The summed E-state index contributed by atoms with van der Waals surface area (Å²) in [5.41, 5.74) is 18.7. The molecule has 0 heterocycles. The van der Waals surface area contributed by atoms with Crippen LogP contribution in [0.4, 0.5) is 16.2 Å². The number of hydrogen-bond donors (Lipinski definition) is 6. The fourth-order valence-electron chi connectivity index (χ4n) is 2.69. The van der Waals surface area contributed by atoms with E-state index in [-0.39, 0.29) is 30.3 Å². The molecule has 0 unspecified atom stereocenters. The van der Waals surface area contributed by atoms with E-state index >= 15 is 0 Å². The molecule has 0 aliphatic carbocycles. The van der Waals surface area contributed by atoms with Crippen molar-refractivity contribution in [3.8, 4) is 0 Å². The summed E-state index contributed by atoms with van der Waals surface area (Å²) >= 11 is 11.7. The van der Waals surface area contributed by atoms with Gasteiger partial charge in [0.2, 0.25) is 11.9 Å². The number of anilines is 2. The number of carbonyl (C=O) groups excluding carboxylic acids is 1. The normalized spacial score (nSPS) is 12.0. The Morgan fingerprint density at radius 1 is 0.714 bits per heavy atom. The number of benzene rings is 2. The zero-order valence-corrected chi connectivity index (χ0v) is 21.3. The molecule has 2 amide bonds. The first-order chi connectivity index (χ1) is 16.3. The molecular formula is C22H30Cl3N9O. The van der Waals surface area contributed by atoms with Crippen LogP contribution in [0.1, 0.15) is 25.7 Å². The zero-order chi connectivity index (χ0) is 24.8. The molecule has 2 aromatic carbocycles. The molecule has 0 aromatic heterocycles. The van der Waals surface area contributed by atoms with Gasteiger partial charge in [-0.1, -0.05) is 36.0 Å². The Kier molecular flexibility index (Phi) is 14.0. The highest BCUT2D eigenvalue weighted by Crippen LogP contribution is 2.13. The van der Waals surface area contributed by atoms with Gasteiger partial charge in [0.25, 0.3) is 0 Å². The van der Waals surface area contributed by atoms with Crippen molar-refractivity contribution in [2.75, 3.05) is 23.7 Å². The third-order valence-corrected chi connectivity index (χ3v) is 4.82. The van der Waals surface area contributed by atoms with Crippen LogP contribution in [0, 0.1) is 0 Å². The van der Waals surface area contributed by atoms with Gasteiger partial charge in [-0.05, 0) is 61.4 Å². The first kappa shape index (κ1) is 29.8. The molecule has 0 aliphatic rings. The predicted octanol–water partition coefficient (Wildman–Crippen LogP) is 4.15. The summed E-state index contributed by atoms with van der Waals surface area (Å²) in [6.45, 7) is 1.05. The Bertz CT molecular complexity index is 1010. The summed E-state index contributed by atoms with van der Waals surface area (Å²) in [5.74, 6) is 0.320. The molecule has 0 bridgehead atoms. The Morgan fingerprint density at radius 2 is 1.20 bits per heavy atom. The maximum Gasteiger partial charge on any atom is 0.325 e. The number of rotatable bonds is 9. The molecular weight excluding hydrogens is 513 g/mol. The molecule has 2 aromatic rings. The van der Waals surface area contributed by atoms with Gasteiger partial charge in [-0.3, -0.25) is 15.3 Å². The highest BCUT2D eigenvalue weighted by atomic mass is 35.5. The van der Waals surface area contributed by atoms with Gasteiger partial charge in [0, 0.05) is 34.5 Å². The lowest BCUT2D eigenvalue weighted by Crippen LogP contribution is -2.39.